The van der Waals surface area contributed by atoms with Crippen molar-refractivity contribution in [2.75, 3.05) is 13.2 Å². The van der Waals surface area contributed by atoms with Crippen LogP contribution in [0.4, 0.5) is 0 Å². The monoisotopic (exact) mass is 229 g/mol. The van der Waals surface area contributed by atoms with Crippen molar-refractivity contribution in [2.45, 2.75) is 45.6 Å². The first-order valence-electron chi connectivity index (χ1n) is 6.03. The van der Waals surface area contributed by atoms with Gasteiger partial charge in [-0.05, 0) is 18.3 Å². The maximum atomic E-state index is 12.0. The highest BCUT2D eigenvalue weighted by Gasteiger charge is 2.37. The summed E-state index contributed by atoms with van der Waals surface area (Å²) in [4.78, 5) is 12.0. The molecule has 0 radical (unpaired) electrons. The van der Waals surface area contributed by atoms with Gasteiger partial charge in [0, 0.05) is 5.92 Å². The van der Waals surface area contributed by atoms with Crippen molar-refractivity contribution in [1.29, 1.82) is 0 Å². The number of carbonyl (C=O) groups excluding carboxylic acids is 1. The summed E-state index contributed by atoms with van der Waals surface area (Å²) in [5.74, 6) is -0.0281. The maximum absolute atomic E-state index is 12.0. The number of amides is 1. The second-order valence-electron chi connectivity index (χ2n) is 5.36. The Morgan fingerprint density at radius 3 is 2.50 bits per heavy atom. The fourth-order valence-corrected chi connectivity index (χ4v) is 2.43. The summed E-state index contributed by atoms with van der Waals surface area (Å²) in [6.45, 7) is 3.80. The Balaban J connectivity index is 2.58. The number of aliphatic hydroxyl groups excluding tert-OH is 2. The third-order valence-corrected chi connectivity index (χ3v) is 3.61. The van der Waals surface area contributed by atoms with E-state index in [1.807, 2.05) is 0 Å². The highest BCUT2D eigenvalue weighted by Crippen LogP contribution is 2.40. The summed E-state index contributed by atoms with van der Waals surface area (Å²) < 4.78 is 0. The third-order valence-electron chi connectivity index (χ3n) is 3.61. The lowest BCUT2D eigenvalue weighted by atomic mass is 9.68. The molecule has 0 aliphatic heterocycles. The van der Waals surface area contributed by atoms with Crippen LogP contribution in [0.1, 0.15) is 39.5 Å². The molecule has 0 heterocycles. The summed E-state index contributed by atoms with van der Waals surface area (Å²) in [6, 6.07) is -0.523. The lowest BCUT2D eigenvalue weighted by Gasteiger charge is -2.38. The summed E-state index contributed by atoms with van der Waals surface area (Å²) in [6.07, 6.45) is 4.24. The molecule has 0 saturated heterocycles. The molecule has 0 aromatic heterocycles. The van der Waals surface area contributed by atoms with E-state index in [2.05, 4.69) is 19.2 Å². The molecule has 0 spiro atoms. The van der Waals surface area contributed by atoms with Crippen LogP contribution in [0.2, 0.25) is 0 Å². The molecule has 0 aromatic carbocycles. The van der Waals surface area contributed by atoms with Gasteiger partial charge in [-0.1, -0.05) is 26.7 Å². The van der Waals surface area contributed by atoms with Crippen LogP contribution in [-0.4, -0.2) is 35.4 Å². The predicted molar refractivity (Wildman–Crippen MR) is 61.8 cm³/mol. The highest BCUT2D eigenvalue weighted by atomic mass is 16.3. The van der Waals surface area contributed by atoms with Crippen molar-refractivity contribution in [3.8, 4) is 0 Å². The Morgan fingerprint density at radius 2 is 2.00 bits per heavy atom. The molecule has 3 N–H and O–H groups in total. The molecule has 4 heteroatoms. The number of carbonyl (C=O) groups is 1. The maximum Gasteiger partial charge on any atom is 0.224 e. The van der Waals surface area contributed by atoms with Gasteiger partial charge in [0.1, 0.15) is 0 Å². The minimum Gasteiger partial charge on any atom is -0.394 e. The van der Waals surface area contributed by atoms with E-state index in [1.165, 1.54) is 6.42 Å². The number of hydrogen-bond donors (Lipinski definition) is 3. The first kappa shape index (κ1) is 13.5. The zero-order valence-corrected chi connectivity index (χ0v) is 10.2. The SMILES string of the molecule is CC1(C)CCCCC1C(=O)NC(CO)CO. The predicted octanol–water partition coefficient (Wildman–Crippen LogP) is 0.672. The smallest absolute Gasteiger partial charge is 0.224 e. The van der Waals surface area contributed by atoms with Crippen molar-refractivity contribution < 1.29 is 15.0 Å². The fourth-order valence-electron chi connectivity index (χ4n) is 2.43. The summed E-state index contributed by atoms with van der Waals surface area (Å²) in [5, 5.41) is 20.6. The molecule has 1 atom stereocenters. The van der Waals surface area contributed by atoms with Crippen LogP contribution < -0.4 is 5.32 Å². The lowest BCUT2D eigenvalue weighted by Crippen LogP contribution is -2.47. The first-order chi connectivity index (χ1) is 7.51. The number of rotatable bonds is 4. The molecule has 0 aromatic rings. The molecular formula is C12H23NO3. The van der Waals surface area contributed by atoms with Gasteiger partial charge < -0.3 is 15.5 Å². The molecule has 1 amide bonds. The largest absolute Gasteiger partial charge is 0.394 e. The zero-order chi connectivity index (χ0) is 12.2. The van der Waals surface area contributed by atoms with E-state index in [9.17, 15) is 4.79 Å². The van der Waals surface area contributed by atoms with E-state index in [-0.39, 0.29) is 30.5 Å². The van der Waals surface area contributed by atoms with Crippen molar-refractivity contribution in [3.63, 3.8) is 0 Å². The molecule has 94 valence electrons. The van der Waals surface area contributed by atoms with Crippen molar-refractivity contribution in [2.24, 2.45) is 11.3 Å². The molecule has 1 unspecified atom stereocenters. The van der Waals surface area contributed by atoms with Gasteiger partial charge in [-0.2, -0.15) is 0 Å². The quantitative estimate of drug-likeness (QED) is 0.663. The van der Waals surface area contributed by atoms with Gasteiger partial charge in [-0.3, -0.25) is 4.79 Å². The normalized spacial score (nSPS) is 24.4. The van der Waals surface area contributed by atoms with Crippen LogP contribution in [0.25, 0.3) is 0 Å². The Morgan fingerprint density at radius 1 is 1.38 bits per heavy atom. The van der Waals surface area contributed by atoms with Gasteiger partial charge in [-0.25, -0.2) is 0 Å². The van der Waals surface area contributed by atoms with Gasteiger partial charge in [0.05, 0.1) is 19.3 Å². The topological polar surface area (TPSA) is 69.6 Å². The van der Waals surface area contributed by atoms with Gasteiger partial charge in [0.15, 0.2) is 0 Å². The van der Waals surface area contributed by atoms with Crippen LogP contribution in [-0.2, 0) is 4.79 Å². The van der Waals surface area contributed by atoms with E-state index in [0.29, 0.717) is 0 Å². The first-order valence-corrected chi connectivity index (χ1v) is 6.03. The highest BCUT2D eigenvalue weighted by molar-refractivity contribution is 5.79. The van der Waals surface area contributed by atoms with Crippen LogP contribution in [0.15, 0.2) is 0 Å². The molecular weight excluding hydrogens is 206 g/mol. The Bertz CT molecular complexity index is 236. The van der Waals surface area contributed by atoms with E-state index in [4.69, 9.17) is 10.2 Å². The van der Waals surface area contributed by atoms with Crippen LogP contribution in [0.5, 0.6) is 0 Å². The lowest BCUT2D eigenvalue weighted by molar-refractivity contribution is -0.131. The van der Waals surface area contributed by atoms with Gasteiger partial charge in [0.2, 0.25) is 5.91 Å². The summed E-state index contributed by atoms with van der Waals surface area (Å²) in [7, 11) is 0. The molecule has 4 nitrogen and oxygen atoms in total. The van der Waals surface area contributed by atoms with Crippen LogP contribution in [0, 0.1) is 11.3 Å². The van der Waals surface area contributed by atoms with E-state index < -0.39 is 6.04 Å². The van der Waals surface area contributed by atoms with Crippen LogP contribution >= 0.6 is 0 Å². The molecule has 1 aliphatic carbocycles. The zero-order valence-electron chi connectivity index (χ0n) is 10.2. The van der Waals surface area contributed by atoms with Gasteiger partial charge >= 0.3 is 0 Å². The van der Waals surface area contributed by atoms with E-state index >= 15 is 0 Å². The third kappa shape index (κ3) is 3.19. The molecule has 1 aliphatic rings. The van der Waals surface area contributed by atoms with Crippen molar-refractivity contribution >= 4 is 5.91 Å². The molecule has 1 rings (SSSR count). The fraction of sp³-hybridized carbons (Fsp3) is 0.917. The second kappa shape index (κ2) is 5.64. The minimum atomic E-state index is -0.523. The van der Waals surface area contributed by atoms with E-state index in [1.54, 1.807) is 0 Å². The molecule has 0 bridgehead atoms. The van der Waals surface area contributed by atoms with Crippen LogP contribution in [0.3, 0.4) is 0 Å². The van der Waals surface area contributed by atoms with Gasteiger partial charge in [-0.15, -0.1) is 0 Å². The Labute approximate surface area is 97.0 Å². The average molecular weight is 229 g/mol. The number of nitrogens with one attached hydrogen (secondary N) is 1. The van der Waals surface area contributed by atoms with Crippen molar-refractivity contribution in [1.82, 2.24) is 5.32 Å². The Hall–Kier alpha value is -0.610. The van der Waals surface area contributed by atoms with Crippen molar-refractivity contribution in [3.05, 3.63) is 0 Å². The van der Waals surface area contributed by atoms with E-state index in [0.717, 1.165) is 19.3 Å². The average Bonchev–Trinajstić information content (AvgIpc) is 2.24. The molecule has 1 saturated carbocycles. The standard InChI is InChI=1S/C12H23NO3/c1-12(2)6-4-3-5-10(12)11(16)13-9(7-14)8-15/h9-10,14-15H,3-8H2,1-2H3,(H,13,16). The Kier molecular flexibility index (Phi) is 4.74. The van der Waals surface area contributed by atoms with Gasteiger partial charge in [0.25, 0.3) is 0 Å². The second-order valence-corrected chi connectivity index (χ2v) is 5.36. The number of hydrogen-bond acceptors (Lipinski definition) is 3. The summed E-state index contributed by atoms with van der Waals surface area (Å²) in [5.41, 5.74) is 0.0256. The minimum absolute atomic E-state index is 0.00171. The number of aliphatic hydroxyl groups is 2. The summed E-state index contributed by atoms with van der Waals surface area (Å²) >= 11 is 0. The molecule has 16 heavy (non-hydrogen) atoms. The molecule has 1 fully saturated rings.